The fourth-order valence-corrected chi connectivity index (χ4v) is 3.62. The van der Waals surface area contributed by atoms with Gasteiger partial charge in [0, 0.05) is 9.13 Å². The summed E-state index contributed by atoms with van der Waals surface area (Å²) < 4.78 is 26.4. The Morgan fingerprint density at radius 2 is 1.84 bits per heavy atom. The van der Waals surface area contributed by atoms with Gasteiger partial charge in [0.15, 0.2) is 17.3 Å². The number of benzene rings is 3. The van der Waals surface area contributed by atoms with E-state index in [1.807, 2.05) is 6.07 Å². The van der Waals surface area contributed by atoms with Crippen LogP contribution in [0.4, 0.5) is 4.39 Å². The summed E-state index contributed by atoms with van der Waals surface area (Å²) in [4.78, 5) is 18.0. The minimum Gasteiger partial charge on any atom is -0.493 e. The Bertz CT molecular complexity index is 1370. The van der Waals surface area contributed by atoms with E-state index in [0.29, 0.717) is 39.4 Å². The molecule has 0 bridgehead atoms. The Balaban J connectivity index is 1.96. The standard InChI is InChI=1S/C23H17FIN3O3/c1-30-20-9-6-15(11-21(20)31-2)22-27-19-8-7-17(25)12-18(19)23(29)28(22)26-13-14-4-3-5-16(24)10-14/h3-13H,1-2H3. The van der Waals surface area contributed by atoms with Gasteiger partial charge in [-0.05, 0) is 76.7 Å². The van der Waals surface area contributed by atoms with Crippen molar-refractivity contribution in [3.63, 3.8) is 0 Å². The van der Waals surface area contributed by atoms with Gasteiger partial charge in [0.25, 0.3) is 5.56 Å². The highest BCUT2D eigenvalue weighted by Gasteiger charge is 2.15. The van der Waals surface area contributed by atoms with Gasteiger partial charge in [0.1, 0.15) is 5.82 Å². The number of ether oxygens (including phenoxy) is 2. The normalized spacial score (nSPS) is 11.2. The highest BCUT2D eigenvalue weighted by Crippen LogP contribution is 2.32. The second kappa shape index (κ2) is 8.84. The Morgan fingerprint density at radius 3 is 2.58 bits per heavy atom. The molecule has 0 spiro atoms. The quantitative estimate of drug-likeness (QED) is 0.278. The highest BCUT2D eigenvalue weighted by molar-refractivity contribution is 14.1. The number of hydrogen-bond acceptors (Lipinski definition) is 5. The smallest absolute Gasteiger partial charge is 0.282 e. The largest absolute Gasteiger partial charge is 0.493 e. The number of nitrogens with zero attached hydrogens (tertiary/aromatic N) is 3. The van der Waals surface area contributed by atoms with E-state index in [1.165, 1.54) is 30.1 Å². The van der Waals surface area contributed by atoms with Crippen LogP contribution >= 0.6 is 22.6 Å². The Labute approximate surface area is 191 Å². The molecule has 3 aromatic carbocycles. The van der Waals surface area contributed by atoms with Crippen molar-refractivity contribution in [3.05, 3.63) is 86.0 Å². The summed E-state index contributed by atoms with van der Waals surface area (Å²) in [6.07, 6.45) is 1.43. The van der Waals surface area contributed by atoms with E-state index in [9.17, 15) is 9.18 Å². The van der Waals surface area contributed by atoms with Crippen molar-refractivity contribution < 1.29 is 13.9 Å². The number of fused-ring (bicyclic) bond motifs is 1. The van der Waals surface area contributed by atoms with E-state index in [-0.39, 0.29) is 11.4 Å². The van der Waals surface area contributed by atoms with Gasteiger partial charge in [-0.25, -0.2) is 9.37 Å². The fraction of sp³-hybridized carbons (Fsp3) is 0.0870. The molecule has 1 aromatic heterocycles. The molecular formula is C23H17FIN3O3. The van der Waals surface area contributed by atoms with Gasteiger partial charge in [-0.2, -0.15) is 9.78 Å². The number of halogens is 2. The molecule has 0 aliphatic heterocycles. The molecular weight excluding hydrogens is 512 g/mol. The van der Waals surface area contributed by atoms with Crippen LogP contribution in [0.15, 0.2) is 70.6 Å². The number of aromatic nitrogens is 2. The molecule has 8 heteroatoms. The lowest BCUT2D eigenvalue weighted by molar-refractivity contribution is 0.355. The maximum absolute atomic E-state index is 13.6. The first-order chi connectivity index (χ1) is 15.0. The van der Waals surface area contributed by atoms with Crippen molar-refractivity contribution >= 4 is 39.7 Å². The van der Waals surface area contributed by atoms with Gasteiger partial charge in [-0.3, -0.25) is 4.79 Å². The van der Waals surface area contributed by atoms with Crippen molar-refractivity contribution in [3.8, 4) is 22.9 Å². The van der Waals surface area contributed by atoms with Crippen LogP contribution in [0.3, 0.4) is 0 Å². The van der Waals surface area contributed by atoms with Crippen molar-refractivity contribution in [2.24, 2.45) is 5.10 Å². The summed E-state index contributed by atoms with van der Waals surface area (Å²) in [5, 5.41) is 4.78. The summed E-state index contributed by atoms with van der Waals surface area (Å²) in [6.45, 7) is 0. The molecule has 6 nitrogen and oxygen atoms in total. The van der Waals surface area contributed by atoms with E-state index in [2.05, 4.69) is 32.7 Å². The maximum atomic E-state index is 13.6. The third kappa shape index (κ3) is 4.29. The van der Waals surface area contributed by atoms with Gasteiger partial charge >= 0.3 is 0 Å². The summed E-state index contributed by atoms with van der Waals surface area (Å²) in [5.41, 5.74) is 1.35. The van der Waals surface area contributed by atoms with Crippen LogP contribution in [0.5, 0.6) is 11.5 Å². The molecule has 0 saturated heterocycles. The molecule has 0 atom stereocenters. The van der Waals surface area contributed by atoms with E-state index < -0.39 is 0 Å². The molecule has 0 fully saturated rings. The summed E-state index contributed by atoms with van der Waals surface area (Å²) in [7, 11) is 3.08. The first kappa shape index (κ1) is 21.0. The molecule has 0 aliphatic carbocycles. The first-order valence-corrected chi connectivity index (χ1v) is 10.3. The fourth-order valence-electron chi connectivity index (χ4n) is 3.13. The minimum atomic E-state index is -0.386. The van der Waals surface area contributed by atoms with Gasteiger partial charge in [-0.15, -0.1) is 0 Å². The number of hydrogen-bond donors (Lipinski definition) is 0. The number of methoxy groups -OCH3 is 2. The molecule has 156 valence electrons. The Hall–Kier alpha value is -3.27. The van der Waals surface area contributed by atoms with Crippen LogP contribution in [0, 0.1) is 9.39 Å². The zero-order valence-electron chi connectivity index (χ0n) is 16.7. The number of rotatable bonds is 5. The second-order valence-electron chi connectivity index (χ2n) is 6.58. The van der Waals surface area contributed by atoms with Gasteiger partial charge in [0.2, 0.25) is 0 Å². The zero-order chi connectivity index (χ0) is 22.0. The molecule has 0 aliphatic rings. The van der Waals surface area contributed by atoms with Crippen molar-refractivity contribution in [2.45, 2.75) is 0 Å². The highest BCUT2D eigenvalue weighted by atomic mass is 127. The Morgan fingerprint density at radius 1 is 1.03 bits per heavy atom. The van der Waals surface area contributed by atoms with Crippen LogP contribution < -0.4 is 15.0 Å². The molecule has 0 unspecified atom stereocenters. The summed E-state index contributed by atoms with van der Waals surface area (Å²) >= 11 is 2.14. The summed E-state index contributed by atoms with van der Waals surface area (Å²) in [5.74, 6) is 0.992. The average molecular weight is 529 g/mol. The van der Waals surface area contributed by atoms with Crippen molar-refractivity contribution in [1.82, 2.24) is 9.66 Å². The molecule has 31 heavy (non-hydrogen) atoms. The lowest BCUT2D eigenvalue weighted by atomic mass is 10.1. The topological polar surface area (TPSA) is 65.7 Å². The monoisotopic (exact) mass is 529 g/mol. The lowest BCUT2D eigenvalue weighted by Gasteiger charge is -2.12. The van der Waals surface area contributed by atoms with E-state index in [0.717, 1.165) is 3.57 Å². The van der Waals surface area contributed by atoms with Gasteiger partial charge < -0.3 is 9.47 Å². The van der Waals surface area contributed by atoms with E-state index >= 15 is 0 Å². The summed E-state index contributed by atoms with van der Waals surface area (Å²) in [6, 6.07) is 16.6. The first-order valence-electron chi connectivity index (χ1n) is 9.25. The van der Waals surface area contributed by atoms with E-state index in [1.54, 1.807) is 49.6 Å². The predicted octanol–water partition coefficient (Wildman–Crippen LogP) is 4.71. The van der Waals surface area contributed by atoms with E-state index in [4.69, 9.17) is 9.47 Å². The van der Waals surface area contributed by atoms with Crippen molar-refractivity contribution in [2.75, 3.05) is 14.2 Å². The Kier molecular flexibility index (Phi) is 5.99. The molecule has 4 aromatic rings. The third-order valence-electron chi connectivity index (χ3n) is 4.62. The van der Waals surface area contributed by atoms with Crippen molar-refractivity contribution in [1.29, 1.82) is 0 Å². The van der Waals surface area contributed by atoms with Crippen LogP contribution in [0.25, 0.3) is 22.3 Å². The molecule has 0 amide bonds. The lowest BCUT2D eigenvalue weighted by Crippen LogP contribution is -2.20. The molecule has 0 saturated carbocycles. The van der Waals surface area contributed by atoms with Crippen LogP contribution in [-0.4, -0.2) is 30.1 Å². The molecule has 0 radical (unpaired) electrons. The predicted molar refractivity (Wildman–Crippen MR) is 127 cm³/mol. The molecule has 0 N–H and O–H groups in total. The van der Waals surface area contributed by atoms with Gasteiger partial charge in [-0.1, -0.05) is 12.1 Å². The van der Waals surface area contributed by atoms with Crippen LogP contribution in [-0.2, 0) is 0 Å². The zero-order valence-corrected chi connectivity index (χ0v) is 18.8. The van der Waals surface area contributed by atoms with Gasteiger partial charge in [0.05, 0.1) is 31.3 Å². The van der Waals surface area contributed by atoms with Crippen LogP contribution in [0.2, 0.25) is 0 Å². The maximum Gasteiger partial charge on any atom is 0.282 e. The second-order valence-corrected chi connectivity index (χ2v) is 7.83. The minimum absolute atomic E-state index is 0.326. The molecule has 4 rings (SSSR count). The van der Waals surface area contributed by atoms with Crippen LogP contribution in [0.1, 0.15) is 5.56 Å². The molecule has 1 heterocycles. The third-order valence-corrected chi connectivity index (χ3v) is 5.29. The average Bonchev–Trinajstić information content (AvgIpc) is 2.78. The SMILES string of the molecule is COc1ccc(-c2nc3ccc(I)cc3c(=O)n2N=Cc2cccc(F)c2)cc1OC.